The lowest BCUT2D eigenvalue weighted by Gasteiger charge is -2.21. The van der Waals surface area contributed by atoms with E-state index < -0.39 is 0 Å². The number of nitrogens with zero attached hydrogens (tertiary/aromatic N) is 1. The first-order valence-electron chi connectivity index (χ1n) is 6.08. The molecule has 0 atom stereocenters. The highest BCUT2D eigenvalue weighted by Gasteiger charge is 2.16. The van der Waals surface area contributed by atoms with Gasteiger partial charge in [-0.3, -0.25) is 4.98 Å². The first-order valence-corrected chi connectivity index (χ1v) is 6.08. The quantitative estimate of drug-likeness (QED) is 0.852. The molecule has 0 amide bonds. The van der Waals surface area contributed by atoms with Crippen LogP contribution in [0, 0.1) is 5.92 Å². The number of nitrogens with two attached hydrogens (primary N) is 1. The maximum Gasteiger partial charge on any atom is 0.139 e. The standard InChI is InChI=1S/C13H20N2O/c1-16-11-8-12(14)13(15-9-11)7-10-5-3-2-4-6-10/h8-10H,2-7,14H2,1H3. The van der Waals surface area contributed by atoms with E-state index in [0.717, 1.165) is 29.5 Å². The van der Waals surface area contributed by atoms with Crippen molar-refractivity contribution in [3.05, 3.63) is 18.0 Å². The van der Waals surface area contributed by atoms with Crippen molar-refractivity contribution in [1.82, 2.24) is 4.98 Å². The van der Waals surface area contributed by atoms with E-state index in [1.807, 2.05) is 6.07 Å². The zero-order valence-electron chi connectivity index (χ0n) is 9.91. The molecule has 0 aromatic carbocycles. The lowest BCUT2D eigenvalue weighted by Crippen LogP contribution is -2.11. The lowest BCUT2D eigenvalue weighted by atomic mass is 9.86. The topological polar surface area (TPSA) is 48.1 Å². The fourth-order valence-electron chi connectivity index (χ4n) is 2.44. The highest BCUT2D eigenvalue weighted by atomic mass is 16.5. The van der Waals surface area contributed by atoms with Gasteiger partial charge in [-0.05, 0) is 12.3 Å². The number of rotatable bonds is 3. The first-order chi connectivity index (χ1) is 7.79. The smallest absolute Gasteiger partial charge is 0.139 e. The molecule has 1 heterocycles. The summed E-state index contributed by atoms with van der Waals surface area (Å²) in [4.78, 5) is 4.39. The van der Waals surface area contributed by atoms with Gasteiger partial charge in [0.1, 0.15) is 5.75 Å². The van der Waals surface area contributed by atoms with Gasteiger partial charge in [0, 0.05) is 6.07 Å². The van der Waals surface area contributed by atoms with Crippen molar-refractivity contribution in [3.63, 3.8) is 0 Å². The number of ether oxygens (including phenoxy) is 1. The van der Waals surface area contributed by atoms with Gasteiger partial charge in [0.05, 0.1) is 24.7 Å². The number of anilines is 1. The third-order valence-corrected chi connectivity index (χ3v) is 3.42. The molecule has 1 aromatic rings. The Morgan fingerprint density at radius 1 is 1.38 bits per heavy atom. The first kappa shape index (κ1) is 11.2. The summed E-state index contributed by atoms with van der Waals surface area (Å²) in [6.45, 7) is 0. The molecule has 0 radical (unpaired) electrons. The van der Waals surface area contributed by atoms with Crippen molar-refractivity contribution in [2.24, 2.45) is 5.92 Å². The largest absolute Gasteiger partial charge is 0.495 e. The van der Waals surface area contributed by atoms with Crippen molar-refractivity contribution in [1.29, 1.82) is 0 Å². The second-order valence-electron chi connectivity index (χ2n) is 4.62. The maximum absolute atomic E-state index is 5.97. The minimum atomic E-state index is 0.741. The molecule has 88 valence electrons. The van der Waals surface area contributed by atoms with Crippen LogP contribution in [0.1, 0.15) is 37.8 Å². The predicted molar refractivity (Wildman–Crippen MR) is 65.5 cm³/mol. The van der Waals surface area contributed by atoms with Crippen LogP contribution in [0.5, 0.6) is 5.75 Å². The molecule has 0 bridgehead atoms. The minimum Gasteiger partial charge on any atom is -0.495 e. The second-order valence-corrected chi connectivity index (χ2v) is 4.62. The third-order valence-electron chi connectivity index (χ3n) is 3.42. The van der Waals surface area contributed by atoms with Crippen LogP contribution < -0.4 is 10.5 Å². The van der Waals surface area contributed by atoms with E-state index in [4.69, 9.17) is 10.5 Å². The van der Waals surface area contributed by atoms with Gasteiger partial charge in [-0.25, -0.2) is 0 Å². The molecule has 1 aliphatic carbocycles. The summed E-state index contributed by atoms with van der Waals surface area (Å²) in [6.07, 6.45) is 9.55. The Labute approximate surface area is 97.0 Å². The van der Waals surface area contributed by atoms with E-state index >= 15 is 0 Å². The van der Waals surface area contributed by atoms with Gasteiger partial charge < -0.3 is 10.5 Å². The van der Waals surface area contributed by atoms with E-state index in [1.54, 1.807) is 13.3 Å². The molecular weight excluding hydrogens is 200 g/mol. The van der Waals surface area contributed by atoms with Crippen LogP contribution in [0.25, 0.3) is 0 Å². The Morgan fingerprint density at radius 3 is 2.75 bits per heavy atom. The van der Waals surface area contributed by atoms with E-state index in [9.17, 15) is 0 Å². The van der Waals surface area contributed by atoms with Gasteiger partial charge in [0.25, 0.3) is 0 Å². The Bertz CT molecular complexity index is 346. The zero-order valence-corrected chi connectivity index (χ0v) is 9.91. The van der Waals surface area contributed by atoms with Crippen molar-refractivity contribution >= 4 is 5.69 Å². The van der Waals surface area contributed by atoms with Crippen LogP contribution in [0.3, 0.4) is 0 Å². The molecule has 2 rings (SSSR count). The van der Waals surface area contributed by atoms with Crippen molar-refractivity contribution in [3.8, 4) is 5.75 Å². The molecule has 1 aromatic heterocycles. The molecule has 16 heavy (non-hydrogen) atoms. The average Bonchev–Trinajstić information content (AvgIpc) is 2.33. The molecular formula is C13H20N2O. The fourth-order valence-corrected chi connectivity index (χ4v) is 2.44. The van der Waals surface area contributed by atoms with Gasteiger partial charge in [0.15, 0.2) is 0 Å². The molecule has 1 fully saturated rings. The fraction of sp³-hybridized carbons (Fsp3) is 0.615. The Kier molecular flexibility index (Phi) is 3.65. The molecule has 1 saturated carbocycles. The van der Waals surface area contributed by atoms with E-state index in [2.05, 4.69) is 4.98 Å². The summed E-state index contributed by atoms with van der Waals surface area (Å²) in [5.41, 5.74) is 7.77. The number of hydrogen-bond donors (Lipinski definition) is 1. The zero-order chi connectivity index (χ0) is 11.4. The predicted octanol–water partition coefficient (Wildman–Crippen LogP) is 2.80. The summed E-state index contributed by atoms with van der Waals surface area (Å²) in [6, 6.07) is 1.87. The molecule has 0 spiro atoms. The average molecular weight is 220 g/mol. The number of methoxy groups -OCH3 is 1. The van der Waals surface area contributed by atoms with Gasteiger partial charge in [0.2, 0.25) is 0 Å². The van der Waals surface area contributed by atoms with Crippen molar-refractivity contribution in [2.45, 2.75) is 38.5 Å². The molecule has 2 N–H and O–H groups in total. The summed E-state index contributed by atoms with van der Waals surface area (Å²) in [5, 5.41) is 0. The molecule has 3 nitrogen and oxygen atoms in total. The normalized spacial score (nSPS) is 17.3. The molecule has 0 aliphatic heterocycles. The number of nitrogen functional groups attached to an aromatic ring is 1. The lowest BCUT2D eigenvalue weighted by molar-refractivity contribution is 0.354. The van der Waals surface area contributed by atoms with Crippen LogP contribution in [0.2, 0.25) is 0 Å². The Balaban J connectivity index is 2.03. The molecule has 0 unspecified atom stereocenters. The van der Waals surface area contributed by atoms with Gasteiger partial charge in [-0.2, -0.15) is 0 Å². The highest BCUT2D eigenvalue weighted by molar-refractivity contribution is 5.47. The SMILES string of the molecule is COc1cnc(CC2CCCCC2)c(N)c1. The van der Waals surface area contributed by atoms with E-state index in [1.165, 1.54) is 32.1 Å². The Morgan fingerprint density at radius 2 is 2.12 bits per heavy atom. The Hall–Kier alpha value is -1.25. The van der Waals surface area contributed by atoms with E-state index in [-0.39, 0.29) is 0 Å². The summed E-state index contributed by atoms with van der Waals surface area (Å²) in [5.74, 6) is 1.52. The number of aromatic nitrogens is 1. The van der Waals surface area contributed by atoms with Gasteiger partial charge >= 0.3 is 0 Å². The van der Waals surface area contributed by atoms with Gasteiger partial charge in [-0.15, -0.1) is 0 Å². The minimum absolute atomic E-state index is 0.741. The summed E-state index contributed by atoms with van der Waals surface area (Å²) >= 11 is 0. The molecule has 0 saturated heterocycles. The monoisotopic (exact) mass is 220 g/mol. The van der Waals surface area contributed by atoms with Crippen LogP contribution in [0.15, 0.2) is 12.3 Å². The van der Waals surface area contributed by atoms with Crippen LogP contribution >= 0.6 is 0 Å². The third kappa shape index (κ3) is 2.65. The molecule has 1 aliphatic rings. The van der Waals surface area contributed by atoms with Crippen molar-refractivity contribution in [2.75, 3.05) is 12.8 Å². The van der Waals surface area contributed by atoms with E-state index in [0.29, 0.717) is 0 Å². The second kappa shape index (κ2) is 5.19. The van der Waals surface area contributed by atoms with Crippen molar-refractivity contribution < 1.29 is 4.74 Å². The van der Waals surface area contributed by atoms with Gasteiger partial charge in [-0.1, -0.05) is 32.1 Å². The maximum atomic E-state index is 5.97. The highest BCUT2D eigenvalue weighted by Crippen LogP contribution is 2.28. The van der Waals surface area contributed by atoms with Crippen LogP contribution in [-0.4, -0.2) is 12.1 Å². The summed E-state index contributed by atoms with van der Waals surface area (Å²) < 4.78 is 5.10. The number of hydrogen-bond acceptors (Lipinski definition) is 3. The van der Waals surface area contributed by atoms with Crippen LogP contribution in [-0.2, 0) is 6.42 Å². The molecule has 3 heteroatoms. The van der Waals surface area contributed by atoms with Crippen LogP contribution in [0.4, 0.5) is 5.69 Å². The summed E-state index contributed by atoms with van der Waals surface area (Å²) in [7, 11) is 1.64. The number of pyridine rings is 1.